The smallest absolute Gasteiger partial charge is 0.322 e. The minimum atomic E-state index is -4.13. The Morgan fingerprint density at radius 2 is 1.77 bits per heavy atom. The first-order chi connectivity index (χ1) is 18.6. The number of hydrogen-bond acceptors (Lipinski definition) is 4. The summed E-state index contributed by atoms with van der Waals surface area (Å²) in [5.74, 6) is 4.66. The first-order valence-electron chi connectivity index (χ1n) is 12.3. The lowest BCUT2D eigenvalue weighted by Crippen LogP contribution is -2.42. The summed E-state index contributed by atoms with van der Waals surface area (Å²) in [6.07, 6.45) is -0.0605. The number of carbonyl (C=O) groups is 1. The maximum Gasteiger partial charge on any atom is 0.322 e. The lowest BCUT2D eigenvalue weighted by Gasteiger charge is -2.16. The van der Waals surface area contributed by atoms with Crippen molar-refractivity contribution in [2.24, 2.45) is 0 Å². The topological polar surface area (TPSA) is 97.6 Å². The van der Waals surface area contributed by atoms with Gasteiger partial charge in [-0.3, -0.25) is 4.79 Å². The molecule has 0 aliphatic rings. The van der Waals surface area contributed by atoms with Gasteiger partial charge in [-0.1, -0.05) is 47.4 Å². The second-order valence-corrected chi connectivity index (χ2v) is 11.4. The van der Waals surface area contributed by atoms with Gasteiger partial charge in [0.2, 0.25) is 10.0 Å². The van der Waals surface area contributed by atoms with Crippen LogP contribution in [0.4, 0.5) is 0 Å². The van der Waals surface area contributed by atoms with Crippen LogP contribution < -0.4 is 9.46 Å². The number of carboxylic acids is 1. The molecule has 9 heteroatoms. The van der Waals surface area contributed by atoms with Crippen molar-refractivity contribution in [3.05, 3.63) is 94.1 Å². The van der Waals surface area contributed by atoms with Gasteiger partial charge in [0.05, 0.1) is 4.90 Å². The summed E-state index contributed by atoms with van der Waals surface area (Å²) in [5, 5.41) is 11.3. The number of aliphatic carboxylic acids is 1. The van der Waals surface area contributed by atoms with Crippen LogP contribution in [-0.4, -0.2) is 36.7 Å². The molecule has 202 valence electrons. The van der Waals surface area contributed by atoms with Gasteiger partial charge in [0.25, 0.3) is 0 Å². The molecule has 0 bridgehead atoms. The number of halogens is 1. The minimum Gasteiger partial charge on any atom is -0.481 e. The summed E-state index contributed by atoms with van der Waals surface area (Å²) >= 11 is 6.31. The maximum atomic E-state index is 13.1. The summed E-state index contributed by atoms with van der Waals surface area (Å²) in [6, 6.07) is 18.0. The zero-order chi connectivity index (χ0) is 28.2. The van der Waals surface area contributed by atoms with Gasteiger partial charge in [0.15, 0.2) is 0 Å². The van der Waals surface area contributed by atoms with Crippen molar-refractivity contribution >= 4 is 38.5 Å². The van der Waals surface area contributed by atoms with Crippen LogP contribution in [0.1, 0.15) is 29.3 Å². The molecule has 0 radical (unpaired) electrons. The van der Waals surface area contributed by atoms with E-state index in [9.17, 15) is 18.3 Å². The fraction of sp³-hybridized carbons (Fsp3) is 0.233. The molecule has 3 aromatic carbocycles. The summed E-state index contributed by atoms with van der Waals surface area (Å²) < 4.78 is 36.1. The highest BCUT2D eigenvalue weighted by atomic mass is 35.5. The van der Waals surface area contributed by atoms with Crippen molar-refractivity contribution in [2.75, 3.05) is 6.61 Å². The molecule has 0 spiro atoms. The molecule has 1 atom stereocenters. The third-order valence-corrected chi connectivity index (χ3v) is 8.23. The minimum absolute atomic E-state index is 0.0605. The summed E-state index contributed by atoms with van der Waals surface area (Å²) in [4.78, 5) is 12.2. The normalized spacial score (nSPS) is 12.1. The Morgan fingerprint density at radius 3 is 2.41 bits per heavy atom. The quantitative estimate of drug-likeness (QED) is 0.254. The molecule has 39 heavy (non-hydrogen) atoms. The van der Waals surface area contributed by atoms with Crippen LogP contribution in [0.2, 0.25) is 5.02 Å². The number of rotatable bonds is 10. The van der Waals surface area contributed by atoms with Crippen LogP contribution >= 0.6 is 11.6 Å². The van der Waals surface area contributed by atoms with Gasteiger partial charge >= 0.3 is 5.97 Å². The highest BCUT2D eigenvalue weighted by molar-refractivity contribution is 7.89. The standard InChI is InChI=1S/C30H29ClN2O5S/c1-4-5-16-38-24-11-13-25(14-12-24)39(36,37)32-28(30(34)35)18-26-21(3)33(19-22-8-6-20(2)7-9-22)29-15-10-23(31)17-27(26)29/h6-15,17,28,32H,16,18-19H2,1-3H3,(H,34,35). The average Bonchev–Trinajstić information content (AvgIpc) is 3.15. The van der Waals surface area contributed by atoms with Crippen molar-refractivity contribution < 1.29 is 23.1 Å². The fourth-order valence-electron chi connectivity index (χ4n) is 4.41. The third kappa shape index (κ3) is 6.63. The first kappa shape index (κ1) is 28.2. The third-order valence-electron chi connectivity index (χ3n) is 6.50. The van der Waals surface area contributed by atoms with Crippen LogP contribution in [0.3, 0.4) is 0 Å². The zero-order valence-corrected chi connectivity index (χ0v) is 23.4. The molecule has 0 amide bonds. The molecule has 1 heterocycles. The number of sulfonamides is 1. The van der Waals surface area contributed by atoms with Crippen LogP contribution in [0.25, 0.3) is 10.9 Å². The number of hydrogen-bond donors (Lipinski definition) is 2. The Bertz CT molecular complexity index is 1670. The fourth-order valence-corrected chi connectivity index (χ4v) is 5.77. The molecule has 0 aliphatic heterocycles. The number of carboxylic acid groups (broad SMARTS) is 1. The Kier molecular flexibility index (Phi) is 8.66. The Balaban J connectivity index is 1.64. The lowest BCUT2D eigenvalue weighted by atomic mass is 10.0. The highest BCUT2D eigenvalue weighted by Gasteiger charge is 2.28. The molecular formula is C30H29ClN2O5S. The number of fused-ring (bicyclic) bond motifs is 1. The van der Waals surface area contributed by atoms with Crippen molar-refractivity contribution in [2.45, 2.75) is 44.7 Å². The number of benzene rings is 3. The molecule has 1 aromatic heterocycles. The number of aromatic nitrogens is 1. The lowest BCUT2D eigenvalue weighted by molar-refractivity contribution is -0.138. The van der Waals surface area contributed by atoms with E-state index in [0.29, 0.717) is 17.3 Å². The predicted molar refractivity (Wildman–Crippen MR) is 153 cm³/mol. The number of nitrogens with one attached hydrogen (secondary N) is 1. The molecule has 2 N–H and O–H groups in total. The molecule has 7 nitrogen and oxygen atoms in total. The summed E-state index contributed by atoms with van der Waals surface area (Å²) in [7, 11) is -4.13. The Morgan fingerprint density at radius 1 is 1.08 bits per heavy atom. The van der Waals surface area contributed by atoms with E-state index < -0.39 is 22.0 Å². The number of aryl methyl sites for hydroxylation is 1. The van der Waals surface area contributed by atoms with Gasteiger partial charge in [0, 0.05) is 34.6 Å². The van der Waals surface area contributed by atoms with E-state index in [2.05, 4.69) is 33.3 Å². The van der Waals surface area contributed by atoms with E-state index in [1.54, 1.807) is 19.1 Å². The van der Waals surface area contributed by atoms with E-state index in [-0.39, 0.29) is 17.9 Å². The van der Waals surface area contributed by atoms with Gasteiger partial charge < -0.3 is 14.4 Å². The second kappa shape index (κ2) is 12.0. The largest absolute Gasteiger partial charge is 0.481 e. The summed E-state index contributed by atoms with van der Waals surface area (Å²) in [5.41, 5.74) is 4.70. The van der Waals surface area contributed by atoms with E-state index in [1.807, 2.05) is 32.0 Å². The van der Waals surface area contributed by atoms with Crippen LogP contribution in [-0.2, 0) is 27.8 Å². The monoisotopic (exact) mass is 564 g/mol. The number of ether oxygens (including phenoxy) is 1. The van der Waals surface area contributed by atoms with Crippen LogP contribution in [0, 0.1) is 25.7 Å². The first-order valence-corrected chi connectivity index (χ1v) is 14.2. The van der Waals surface area contributed by atoms with Crippen LogP contribution in [0.5, 0.6) is 5.75 Å². The van der Waals surface area contributed by atoms with Crippen molar-refractivity contribution in [3.63, 3.8) is 0 Å². The van der Waals surface area contributed by atoms with Gasteiger partial charge in [-0.2, -0.15) is 4.72 Å². The number of nitrogens with zero attached hydrogens (tertiary/aromatic N) is 1. The molecule has 1 unspecified atom stereocenters. The second-order valence-electron chi connectivity index (χ2n) is 9.20. The Hall–Kier alpha value is -3.77. The zero-order valence-electron chi connectivity index (χ0n) is 21.9. The maximum absolute atomic E-state index is 13.1. The van der Waals surface area contributed by atoms with Crippen molar-refractivity contribution in [1.29, 1.82) is 0 Å². The molecule has 0 fully saturated rings. The SMILES string of the molecule is CC#CCOc1ccc(S(=O)(=O)NC(Cc2c(C)n(Cc3ccc(C)cc3)c3ccc(Cl)cc23)C(=O)O)cc1. The molecule has 0 saturated heterocycles. The van der Waals surface area contributed by atoms with Gasteiger partial charge in [-0.15, -0.1) is 5.92 Å². The van der Waals surface area contributed by atoms with Gasteiger partial charge in [-0.05, 0) is 74.4 Å². The summed E-state index contributed by atoms with van der Waals surface area (Å²) in [6.45, 7) is 6.39. The molecular weight excluding hydrogens is 536 g/mol. The van der Waals surface area contributed by atoms with E-state index in [4.69, 9.17) is 16.3 Å². The molecule has 4 rings (SSSR count). The van der Waals surface area contributed by atoms with E-state index in [0.717, 1.165) is 33.3 Å². The Labute approximate surface area is 233 Å². The van der Waals surface area contributed by atoms with Crippen molar-refractivity contribution in [3.8, 4) is 17.6 Å². The molecule has 0 aliphatic carbocycles. The average molecular weight is 565 g/mol. The molecule has 4 aromatic rings. The van der Waals surface area contributed by atoms with Gasteiger partial charge in [-0.25, -0.2) is 8.42 Å². The van der Waals surface area contributed by atoms with E-state index in [1.165, 1.54) is 24.3 Å². The highest BCUT2D eigenvalue weighted by Crippen LogP contribution is 2.31. The molecule has 0 saturated carbocycles. The van der Waals surface area contributed by atoms with E-state index >= 15 is 0 Å². The van der Waals surface area contributed by atoms with Crippen LogP contribution in [0.15, 0.2) is 71.6 Å². The van der Waals surface area contributed by atoms with Crippen molar-refractivity contribution in [1.82, 2.24) is 9.29 Å². The van der Waals surface area contributed by atoms with Gasteiger partial charge in [0.1, 0.15) is 18.4 Å². The predicted octanol–water partition coefficient (Wildman–Crippen LogP) is 5.34.